The molecule has 5 heteroatoms. The van der Waals surface area contributed by atoms with Crippen LogP contribution < -0.4 is 0 Å². The minimum Gasteiger partial charge on any atom is -0.396 e. The van der Waals surface area contributed by atoms with E-state index in [0.29, 0.717) is 13.0 Å². The molecule has 2 aromatic rings. The van der Waals surface area contributed by atoms with Gasteiger partial charge in [0.2, 0.25) is 0 Å². The van der Waals surface area contributed by atoms with E-state index in [0.717, 1.165) is 17.1 Å². The Kier molecular flexibility index (Phi) is 3.26. The predicted octanol–water partition coefficient (Wildman–Crippen LogP) is 0.565. The number of aromatic nitrogens is 4. The first-order valence-corrected chi connectivity index (χ1v) is 5.20. The molecule has 0 radical (unpaired) electrons. The number of aliphatic hydroxyl groups excluding tert-OH is 1. The van der Waals surface area contributed by atoms with Gasteiger partial charge < -0.3 is 5.11 Å². The summed E-state index contributed by atoms with van der Waals surface area (Å²) < 4.78 is 1.73. The van der Waals surface area contributed by atoms with Crippen LogP contribution in [0.1, 0.15) is 17.1 Å². The first-order chi connectivity index (χ1) is 7.78. The molecule has 0 aromatic carbocycles. The standard InChI is InChI=1S/C11H14N4O/c1-9-3-2-4-10(12-9)7-15-8-11(5-6-16)13-14-15/h2-4,8,16H,5-7H2,1H3. The topological polar surface area (TPSA) is 63.8 Å². The summed E-state index contributed by atoms with van der Waals surface area (Å²) in [7, 11) is 0. The van der Waals surface area contributed by atoms with Crippen molar-refractivity contribution in [3.63, 3.8) is 0 Å². The van der Waals surface area contributed by atoms with Gasteiger partial charge in [0.05, 0.1) is 17.9 Å². The zero-order valence-electron chi connectivity index (χ0n) is 9.17. The van der Waals surface area contributed by atoms with Crippen molar-refractivity contribution in [2.24, 2.45) is 0 Å². The molecule has 0 atom stereocenters. The number of hydrogen-bond donors (Lipinski definition) is 1. The lowest BCUT2D eigenvalue weighted by Crippen LogP contribution is -2.03. The SMILES string of the molecule is Cc1cccc(Cn2cc(CCO)nn2)n1. The van der Waals surface area contributed by atoms with Crippen LogP contribution in [0.4, 0.5) is 0 Å². The summed E-state index contributed by atoms with van der Waals surface area (Å²) in [5.41, 5.74) is 2.75. The van der Waals surface area contributed by atoms with Gasteiger partial charge in [-0.3, -0.25) is 4.98 Å². The molecule has 0 bridgehead atoms. The van der Waals surface area contributed by atoms with E-state index in [2.05, 4.69) is 15.3 Å². The summed E-state index contributed by atoms with van der Waals surface area (Å²) in [4.78, 5) is 4.39. The van der Waals surface area contributed by atoms with E-state index in [-0.39, 0.29) is 6.61 Å². The van der Waals surface area contributed by atoms with Crippen LogP contribution in [0.15, 0.2) is 24.4 Å². The molecule has 2 heterocycles. The first kappa shape index (κ1) is 10.8. The van der Waals surface area contributed by atoms with Crippen LogP contribution in [0.25, 0.3) is 0 Å². The average molecular weight is 218 g/mol. The van der Waals surface area contributed by atoms with Crippen molar-refractivity contribution >= 4 is 0 Å². The van der Waals surface area contributed by atoms with Gasteiger partial charge in [-0.25, -0.2) is 4.68 Å². The average Bonchev–Trinajstić information content (AvgIpc) is 2.66. The van der Waals surface area contributed by atoms with Crippen molar-refractivity contribution in [1.29, 1.82) is 0 Å². The third-order valence-electron chi connectivity index (χ3n) is 2.22. The molecule has 0 unspecified atom stereocenters. The summed E-state index contributed by atoms with van der Waals surface area (Å²) >= 11 is 0. The molecular weight excluding hydrogens is 204 g/mol. The van der Waals surface area contributed by atoms with Crippen molar-refractivity contribution in [2.75, 3.05) is 6.61 Å². The Bertz CT molecular complexity index is 467. The van der Waals surface area contributed by atoms with E-state index in [4.69, 9.17) is 5.11 Å². The van der Waals surface area contributed by atoms with E-state index in [9.17, 15) is 0 Å². The van der Waals surface area contributed by atoms with E-state index in [1.165, 1.54) is 0 Å². The van der Waals surface area contributed by atoms with Crippen LogP contribution in [0, 0.1) is 6.92 Å². The van der Waals surface area contributed by atoms with E-state index >= 15 is 0 Å². The van der Waals surface area contributed by atoms with Gasteiger partial charge in [0.15, 0.2) is 0 Å². The van der Waals surface area contributed by atoms with Crippen molar-refractivity contribution in [3.05, 3.63) is 41.5 Å². The lowest BCUT2D eigenvalue weighted by molar-refractivity contribution is 0.298. The number of rotatable bonds is 4. The normalized spacial score (nSPS) is 10.6. The molecule has 0 spiro atoms. The largest absolute Gasteiger partial charge is 0.396 e. The molecule has 0 saturated carbocycles. The second-order valence-corrected chi connectivity index (χ2v) is 3.65. The van der Waals surface area contributed by atoms with E-state index in [1.807, 2.05) is 31.3 Å². The fourth-order valence-electron chi connectivity index (χ4n) is 1.50. The van der Waals surface area contributed by atoms with Gasteiger partial charge in [0.1, 0.15) is 0 Å². The second-order valence-electron chi connectivity index (χ2n) is 3.65. The van der Waals surface area contributed by atoms with Crippen LogP contribution in [-0.4, -0.2) is 31.7 Å². The number of hydrogen-bond acceptors (Lipinski definition) is 4. The molecule has 0 amide bonds. The molecule has 0 aliphatic rings. The Morgan fingerprint density at radius 2 is 2.19 bits per heavy atom. The maximum Gasteiger partial charge on any atom is 0.0850 e. The molecule has 0 aliphatic carbocycles. The summed E-state index contributed by atoms with van der Waals surface area (Å²) in [6, 6.07) is 5.89. The molecule has 5 nitrogen and oxygen atoms in total. The highest BCUT2D eigenvalue weighted by Gasteiger charge is 2.01. The second kappa shape index (κ2) is 4.85. The zero-order valence-corrected chi connectivity index (χ0v) is 9.17. The Balaban J connectivity index is 2.08. The molecule has 0 fully saturated rings. The fraction of sp³-hybridized carbons (Fsp3) is 0.364. The number of aliphatic hydroxyl groups is 1. The third-order valence-corrected chi connectivity index (χ3v) is 2.22. The first-order valence-electron chi connectivity index (χ1n) is 5.20. The summed E-state index contributed by atoms with van der Waals surface area (Å²) in [5, 5.41) is 16.7. The van der Waals surface area contributed by atoms with Crippen LogP contribution >= 0.6 is 0 Å². The summed E-state index contributed by atoms with van der Waals surface area (Å²) in [6.07, 6.45) is 2.38. The molecule has 1 N–H and O–H groups in total. The molecule has 84 valence electrons. The van der Waals surface area contributed by atoms with Gasteiger partial charge in [0, 0.05) is 24.9 Å². The highest BCUT2D eigenvalue weighted by Crippen LogP contribution is 2.01. The van der Waals surface area contributed by atoms with Gasteiger partial charge in [0.25, 0.3) is 0 Å². The van der Waals surface area contributed by atoms with Gasteiger partial charge in [-0.1, -0.05) is 11.3 Å². The van der Waals surface area contributed by atoms with Crippen molar-refractivity contribution in [2.45, 2.75) is 19.9 Å². The number of pyridine rings is 1. The maximum atomic E-state index is 8.77. The molecule has 0 aliphatic heterocycles. The smallest absolute Gasteiger partial charge is 0.0850 e. The summed E-state index contributed by atoms with van der Waals surface area (Å²) in [6.45, 7) is 2.67. The summed E-state index contributed by atoms with van der Waals surface area (Å²) in [5.74, 6) is 0. The van der Waals surface area contributed by atoms with Crippen molar-refractivity contribution in [1.82, 2.24) is 20.0 Å². The molecule has 2 aromatic heterocycles. The lowest BCUT2D eigenvalue weighted by Gasteiger charge is -2.00. The Morgan fingerprint density at radius 3 is 2.94 bits per heavy atom. The Hall–Kier alpha value is -1.75. The van der Waals surface area contributed by atoms with Gasteiger partial charge in [-0.15, -0.1) is 5.10 Å². The van der Waals surface area contributed by atoms with Gasteiger partial charge >= 0.3 is 0 Å². The predicted molar refractivity (Wildman–Crippen MR) is 58.9 cm³/mol. The van der Waals surface area contributed by atoms with Gasteiger partial charge in [-0.05, 0) is 19.1 Å². The van der Waals surface area contributed by atoms with Crippen molar-refractivity contribution in [3.8, 4) is 0 Å². The number of aryl methyl sites for hydroxylation is 1. The van der Waals surface area contributed by atoms with Crippen LogP contribution in [0.2, 0.25) is 0 Å². The monoisotopic (exact) mass is 218 g/mol. The molecule has 16 heavy (non-hydrogen) atoms. The molecule has 0 saturated heterocycles. The fourth-order valence-corrected chi connectivity index (χ4v) is 1.50. The van der Waals surface area contributed by atoms with Crippen LogP contribution in [0.3, 0.4) is 0 Å². The zero-order chi connectivity index (χ0) is 11.4. The molecule has 2 rings (SSSR count). The van der Waals surface area contributed by atoms with Gasteiger partial charge in [-0.2, -0.15) is 0 Å². The molecular formula is C11H14N4O. The highest BCUT2D eigenvalue weighted by atomic mass is 16.3. The minimum atomic E-state index is 0.0986. The Labute approximate surface area is 93.8 Å². The van der Waals surface area contributed by atoms with Crippen LogP contribution in [0.5, 0.6) is 0 Å². The van der Waals surface area contributed by atoms with E-state index < -0.39 is 0 Å². The highest BCUT2D eigenvalue weighted by molar-refractivity contribution is 5.10. The minimum absolute atomic E-state index is 0.0986. The quantitative estimate of drug-likeness (QED) is 0.814. The lowest BCUT2D eigenvalue weighted by atomic mass is 10.3. The Morgan fingerprint density at radius 1 is 1.31 bits per heavy atom. The van der Waals surface area contributed by atoms with Crippen molar-refractivity contribution < 1.29 is 5.11 Å². The number of nitrogens with zero attached hydrogens (tertiary/aromatic N) is 4. The third kappa shape index (κ3) is 2.64. The maximum absolute atomic E-state index is 8.77. The van der Waals surface area contributed by atoms with Crippen LogP contribution in [-0.2, 0) is 13.0 Å². The van der Waals surface area contributed by atoms with E-state index in [1.54, 1.807) is 4.68 Å².